The lowest BCUT2D eigenvalue weighted by Crippen LogP contribution is -2.42. The van der Waals surface area contributed by atoms with Crippen LogP contribution in [0.5, 0.6) is 0 Å². The molecule has 0 saturated carbocycles. The Morgan fingerprint density at radius 3 is 2.57 bits per heavy atom. The van der Waals surface area contributed by atoms with Crippen molar-refractivity contribution in [2.75, 3.05) is 11.9 Å². The first-order valence-electron chi connectivity index (χ1n) is 8.58. The van der Waals surface area contributed by atoms with E-state index in [0.717, 1.165) is 29.3 Å². The molecule has 0 bridgehead atoms. The van der Waals surface area contributed by atoms with Crippen molar-refractivity contribution in [3.63, 3.8) is 0 Å². The Morgan fingerprint density at radius 1 is 1.14 bits per heavy atom. The van der Waals surface area contributed by atoms with Crippen molar-refractivity contribution in [3.05, 3.63) is 64.7 Å². The second kappa shape index (κ2) is 7.03. The lowest BCUT2D eigenvalue weighted by molar-refractivity contribution is -0.133. The number of nitrogens with one attached hydrogen (secondary N) is 2. The highest BCUT2D eigenvalue weighted by atomic mass is 19.1. The Balaban J connectivity index is 1.81. The van der Waals surface area contributed by atoms with Gasteiger partial charge in [0.25, 0.3) is 5.91 Å². The van der Waals surface area contributed by atoms with Gasteiger partial charge in [-0.2, -0.15) is 0 Å². The van der Waals surface area contributed by atoms with Crippen LogP contribution in [0.1, 0.15) is 23.6 Å². The third-order valence-corrected chi connectivity index (χ3v) is 4.71. The lowest BCUT2D eigenvalue weighted by Gasteiger charge is -2.22. The van der Waals surface area contributed by atoms with Gasteiger partial charge < -0.3 is 10.6 Å². The maximum Gasteiger partial charge on any atom is 0.325 e. The number of aryl methyl sites for hydroxylation is 2. The molecule has 2 aromatic rings. The predicted octanol–water partition coefficient (Wildman–Crippen LogP) is 2.99. The third kappa shape index (κ3) is 3.45. The zero-order chi connectivity index (χ0) is 20.6. The van der Waals surface area contributed by atoms with E-state index in [1.165, 1.54) is 6.92 Å². The number of carbonyl (C=O) groups excluding carboxylic acids is 3. The highest BCUT2D eigenvalue weighted by Gasteiger charge is 2.50. The summed E-state index contributed by atoms with van der Waals surface area (Å²) >= 11 is 0. The van der Waals surface area contributed by atoms with Crippen LogP contribution in [0.25, 0.3) is 0 Å². The first-order valence-corrected chi connectivity index (χ1v) is 8.58. The van der Waals surface area contributed by atoms with Crippen LogP contribution in [-0.4, -0.2) is 29.3 Å². The van der Waals surface area contributed by atoms with Crippen LogP contribution in [0.4, 0.5) is 19.3 Å². The van der Waals surface area contributed by atoms with Crippen molar-refractivity contribution in [1.82, 2.24) is 10.2 Å². The van der Waals surface area contributed by atoms with E-state index in [0.29, 0.717) is 10.6 Å². The average molecular weight is 387 g/mol. The quantitative estimate of drug-likeness (QED) is 0.792. The average Bonchev–Trinajstić information content (AvgIpc) is 2.84. The van der Waals surface area contributed by atoms with Gasteiger partial charge in [-0.15, -0.1) is 0 Å². The number of hydrogen-bond donors (Lipinski definition) is 2. The molecule has 0 aromatic heterocycles. The van der Waals surface area contributed by atoms with Crippen LogP contribution in [0, 0.1) is 25.5 Å². The topological polar surface area (TPSA) is 78.5 Å². The minimum Gasteiger partial charge on any atom is -0.324 e. The van der Waals surface area contributed by atoms with Crippen molar-refractivity contribution >= 4 is 23.5 Å². The van der Waals surface area contributed by atoms with Gasteiger partial charge in [0.2, 0.25) is 5.91 Å². The van der Waals surface area contributed by atoms with Crippen LogP contribution >= 0.6 is 0 Å². The molecule has 0 aliphatic carbocycles. The van der Waals surface area contributed by atoms with Gasteiger partial charge >= 0.3 is 6.03 Å². The Labute approximate surface area is 160 Å². The molecule has 2 aromatic carbocycles. The standard InChI is InChI=1S/C20H19F2N3O3/c1-11-4-5-12(2)16(8-11)23-17(26)10-25-18(27)20(3,24-19(25)28)14-9-13(21)6-7-15(14)22/h4-9H,10H2,1-3H3,(H,23,26)(H,24,28). The number of imide groups is 1. The number of amides is 4. The number of carbonyl (C=O) groups is 3. The second-order valence-electron chi connectivity index (χ2n) is 6.94. The van der Waals surface area contributed by atoms with Gasteiger partial charge in [0.1, 0.15) is 23.7 Å². The number of hydrogen-bond acceptors (Lipinski definition) is 3. The molecule has 146 valence electrons. The fourth-order valence-corrected chi connectivity index (χ4v) is 3.11. The molecule has 1 saturated heterocycles. The molecule has 1 atom stereocenters. The molecule has 6 nitrogen and oxygen atoms in total. The lowest BCUT2D eigenvalue weighted by atomic mass is 9.91. The van der Waals surface area contributed by atoms with E-state index in [9.17, 15) is 23.2 Å². The van der Waals surface area contributed by atoms with Crippen molar-refractivity contribution in [2.24, 2.45) is 0 Å². The maximum atomic E-state index is 14.2. The van der Waals surface area contributed by atoms with Gasteiger partial charge in [-0.3, -0.25) is 14.5 Å². The summed E-state index contributed by atoms with van der Waals surface area (Å²) in [5, 5.41) is 5.01. The Kier molecular flexibility index (Phi) is 4.89. The summed E-state index contributed by atoms with van der Waals surface area (Å²) in [6.07, 6.45) is 0. The minimum atomic E-state index is -1.80. The minimum absolute atomic E-state index is 0.303. The number of halogens is 2. The summed E-state index contributed by atoms with van der Waals surface area (Å²) in [6, 6.07) is 7.29. The van der Waals surface area contributed by atoms with Gasteiger partial charge in [-0.05, 0) is 56.2 Å². The van der Waals surface area contributed by atoms with Crippen LogP contribution < -0.4 is 10.6 Å². The van der Waals surface area contributed by atoms with Crippen LogP contribution in [0.3, 0.4) is 0 Å². The van der Waals surface area contributed by atoms with Gasteiger partial charge in [0.05, 0.1) is 0 Å². The summed E-state index contributed by atoms with van der Waals surface area (Å²) in [6.45, 7) is 4.40. The molecule has 2 N–H and O–H groups in total. The Bertz CT molecular complexity index is 993. The van der Waals surface area contributed by atoms with Gasteiger partial charge in [0.15, 0.2) is 0 Å². The Hall–Kier alpha value is -3.29. The second-order valence-corrected chi connectivity index (χ2v) is 6.94. The Morgan fingerprint density at radius 2 is 1.86 bits per heavy atom. The number of urea groups is 1. The molecule has 4 amide bonds. The van der Waals surface area contributed by atoms with Crippen molar-refractivity contribution in [2.45, 2.75) is 26.3 Å². The van der Waals surface area contributed by atoms with E-state index < -0.39 is 41.6 Å². The molecule has 1 heterocycles. The van der Waals surface area contributed by atoms with E-state index in [1.807, 2.05) is 26.0 Å². The molecule has 1 unspecified atom stereocenters. The van der Waals surface area contributed by atoms with Crippen LogP contribution in [0.15, 0.2) is 36.4 Å². The van der Waals surface area contributed by atoms with Crippen molar-refractivity contribution in [1.29, 1.82) is 0 Å². The smallest absolute Gasteiger partial charge is 0.324 e. The van der Waals surface area contributed by atoms with E-state index >= 15 is 0 Å². The fraction of sp³-hybridized carbons (Fsp3) is 0.250. The zero-order valence-corrected chi connectivity index (χ0v) is 15.6. The van der Waals surface area contributed by atoms with Gasteiger partial charge in [-0.25, -0.2) is 13.6 Å². The van der Waals surface area contributed by atoms with Gasteiger partial charge in [-0.1, -0.05) is 12.1 Å². The first-order chi connectivity index (χ1) is 13.1. The summed E-state index contributed by atoms with van der Waals surface area (Å²) in [7, 11) is 0. The highest BCUT2D eigenvalue weighted by Crippen LogP contribution is 2.31. The number of anilines is 1. The number of rotatable bonds is 4. The predicted molar refractivity (Wildman–Crippen MR) is 98.5 cm³/mol. The summed E-state index contributed by atoms with van der Waals surface area (Å²) in [5.41, 5.74) is 0.218. The van der Waals surface area contributed by atoms with Gasteiger partial charge in [0, 0.05) is 11.3 Å². The molecule has 8 heteroatoms. The van der Waals surface area contributed by atoms with Crippen LogP contribution in [-0.2, 0) is 15.1 Å². The van der Waals surface area contributed by atoms with E-state index in [1.54, 1.807) is 6.07 Å². The van der Waals surface area contributed by atoms with Crippen LogP contribution in [0.2, 0.25) is 0 Å². The molecule has 1 aliphatic heterocycles. The molecule has 28 heavy (non-hydrogen) atoms. The maximum absolute atomic E-state index is 14.2. The third-order valence-electron chi connectivity index (χ3n) is 4.71. The monoisotopic (exact) mass is 387 g/mol. The van der Waals surface area contributed by atoms with E-state index in [-0.39, 0.29) is 5.56 Å². The normalized spacial score (nSPS) is 19.0. The molecule has 3 rings (SSSR count). The largest absolute Gasteiger partial charge is 0.325 e. The first kappa shape index (κ1) is 19.5. The fourth-order valence-electron chi connectivity index (χ4n) is 3.11. The van der Waals surface area contributed by atoms with Crippen molar-refractivity contribution < 1.29 is 23.2 Å². The molecule has 1 aliphatic rings. The SMILES string of the molecule is Cc1ccc(C)c(NC(=O)CN2C(=O)NC(C)(c3cc(F)ccc3F)C2=O)c1. The van der Waals surface area contributed by atoms with E-state index in [4.69, 9.17) is 0 Å². The molecule has 0 spiro atoms. The number of benzene rings is 2. The number of nitrogens with zero attached hydrogens (tertiary/aromatic N) is 1. The summed E-state index contributed by atoms with van der Waals surface area (Å²) in [5.74, 6) is -3.00. The molecular weight excluding hydrogens is 368 g/mol. The molecule has 0 radical (unpaired) electrons. The zero-order valence-electron chi connectivity index (χ0n) is 15.6. The molecular formula is C20H19F2N3O3. The molecule has 1 fully saturated rings. The van der Waals surface area contributed by atoms with E-state index in [2.05, 4.69) is 10.6 Å². The highest BCUT2D eigenvalue weighted by molar-refractivity contribution is 6.10. The summed E-state index contributed by atoms with van der Waals surface area (Å²) < 4.78 is 27.7. The summed E-state index contributed by atoms with van der Waals surface area (Å²) in [4.78, 5) is 38.1. The van der Waals surface area contributed by atoms with Crippen molar-refractivity contribution in [3.8, 4) is 0 Å².